The highest BCUT2D eigenvalue weighted by Gasteiger charge is 2.54. The van der Waals surface area contributed by atoms with Crippen molar-refractivity contribution >= 4 is 124 Å². The van der Waals surface area contributed by atoms with Gasteiger partial charge in [-0.3, -0.25) is 0 Å². The standard InChI is InChI=1S/C65H73B3O6.C65H49Br3.C6H4BrI/c1-58(2,50-28-16-44(17-29-50)47-22-38-55(39-23-47)66-69-59(3,4)60(5,6)70-66)51-34-36-54(37-35-51)65(15,52-30-18-45(19-31-52)48-24-40-56(41-25-48)67-71-61(7,8)62(9,10)72-67)53-32-20-46(21-33-53)49-26-42-57(43-27-49)68-73-63(11,12)64(13,14)74-68;1-64(2,56-31-25-47(26-32-56)44-13-19-50(20-14-44)53-7-4-10-61(66)41-53)57-37-39-60(40-38-57)65(3,58-33-27-48(28-34-58)45-15-21-51(22-16-45)54-8-5-11-62(67)42-54)59-35-29-49(30-36-59)46-17-23-52(24-18-46)55-9-6-12-63(68)43-55;7-5-2-1-3-6(8)4-5/h16-43H,1-15H3;4-43H,1-3H3;1-4H. The van der Waals surface area contributed by atoms with Crippen LogP contribution < -0.4 is 16.4 Å². The Morgan fingerprint density at radius 2 is 0.313 bits per heavy atom. The molecule has 18 aromatic rings. The van der Waals surface area contributed by atoms with Crippen molar-refractivity contribution in [3.63, 3.8) is 0 Å². The molecule has 0 unspecified atom stereocenters. The summed E-state index contributed by atoms with van der Waals surface area (Å²) in [6.45, 7) is 39.1. The molecule has 0 radical (unpaired) electrons. The Balaban J connectivity index is 0.000000175. The van der Waals surface area contributed by atoms with Crippen LogP contribution in [0.1, 0.15) is 180 Å². The zero-order valence-corrected chi connectivity index (χ0v) is 97.1. The lowest BCUT2D eigenvalue weighted by Crippen LogP contribution is -2.41. The minimum atomic E-state index is -0.472. The fourth-order valence-electron chi connectivity index (χ4n) is 20.4. The van der Waals surface area contributed by atoms with Gasteiger partial charge in [-0.25, -0.2) is 0 Å². The van der Waals surface area contributed by atoms with Crippen molar-refractivity contribution < 1.29 is 27.9 Å². The molecule has 0 spiro atoms. The van der Waals surface area contributed by atoms with Gasteiger partial charge < -0.3 is 27.9 Å². The fraction of sp³-hybridized carbons (Fsp3) is 0.206. The molecule has 3 fully saturated rings. The molecule has 6 nitrogen and oxygen atoms in total. The van der Waals surface area contributed by atoms with Gasteiger partial charge >= 0.3 is 21.4 Å². The Hall–Kier alpha value is -11.4. The molecular weight excluding hydrogens is 2210 g/mol. The Kier molecular flexibility index (Phi) is 30.8. The average molecular weight is 2340 g/mol. The fourth-order valence-corrected chi connectivity index (χ4v) is 22.9. The van der Waals surface area contributed by atoms with Crippen molar-refractivity contribution in [3.05, 3.63) is 514 Å². The number of hydrogen-bond donors (Lipinski definition) is 0. The quantitative estimate of drug-likeness (QED) is 0.0383. The number of hydrogen-bond acceptors (Lipinski definition) is 6. The third-order valence-electron chi connectivity index (χ3n) is 32.7. The SMILES string of the molecule is Brc1cccc(I)c1.CC(C)(c1ccc(-c2ccc(-c3cccc(Br)c3)cc2)cc1)c1ccc(C(C)(c2ccc(-c3ccc(-c4cccc(Br)c4)cc3)cc2)c2ccc(-c3ccc(-c4cccc(Br)c4)cc3)cc2)cc1.CC(C)(c1ccc(-c2ccc(B3OC(C)(C)C(C)(C)O3)cc2)cc1)c1ccc(C(C)(c2ccc(-c3ccc(B4OC(C)(C)C(C)(C)O4)cc3)cc2)c2ccc(-c3ccc(B4OC(C)(C)C(C)(C)O4)cc3)cc2)cc1. The molecule has 750 valence electrons. The third-order valence-corrected chi connectivity index (χ3v) is 35.3. The summed E-state index contributed by atoms with van der Waals surface area (Å²) in [7, 11) is -1.17. The largest absolute Gasteiger partial charge is 0.494 e. The van der Waals surface area contributed by atoms with E-state index in [1.807, 2.05) is 12.1 Å². The van der Waals surface area contributed by atoms with Crippen LogP contribution in [0, 0.1) is 3.57 Å². The summed E-state index contributed by atoms with van der Waals surface area (Å²) in [5.74, 6) is 0. The van der Waals surface area contributed by atoms with Crippen molar-refractivity contribution in [1.82, 2.24) is 0 Å². The van der Waals surface area contributed by atoms with Gasteiger partial charge in [0.1, 0.15) is 0 Å². The molecule has 0 amide bonds. The molecule has 3 aliphatic heterocycles. The highest BCUT2D eigenvalue weighted by molar-refractivity contribution is 14.1. The zero-order valence-electron chi connectivity index (χ0n) is 88.6. The molecule has 18 aromatic carbocycles. The van der Waals surface area contributed by atoms with Crippen molar-refractivity contribution in [3.8, 4) is 100 Å². The topological polar surface area (TPSA) is 55.4 Å². The minimum Gasteiger partial charge on any atom is -0.399 e. The summed E-state index contributed by atoms with van der Waals surface area (Å²) in [6.07, 6.45) is 0. The lowest BCUT2D eigenvalue weighted by Gasteiger charge is -2.33. The molecule has 3 saturated heterocycles. The van der Waals surface area contributed by atoms with E-state index < -0.39 is 47.5 Å². The van der Waals surface area contributed by atoms with E-state index in [-0.39, 0.29) is 29.2 Å². The molecular formula is C136H126B3Br4IO6. The van der Waals surface area contributed by atoms with E-state index in [0.717, 1.165) is 62.1 Å². The van der Waals surface area contributed by atoms with Gasteiger partial charge in [-0.05, 0) is 346 Å². The van der Waals surface area contributed by atoms with E-state index in [1.54, 1.807) is 0 Å². The predicted molar refractivity (Wildman–Crippen MR) is 653 cm³/mol. The molecule has 0 aliphatic carbocycles. The first-order chi connectivity index (χ1) is 71.5. The van der Waals surface area contributed by atoms with E-state index in [0.29, 0.717) is 0 Å². The summed E-state index contributed by atoms with van der Waals surface area (Å²) in [5.41, 5.74) is 33.1. The second kappa shape index (κ2) is 43.2. The number of benzene rings is 18. The molecule has 14 heteroatoms. The first-order valence-electron chi connectivity index (χ1n) is 51.7. The summed E-state index contributed by atoms with van der Waals surface area (Å²) in [5, 5.41) is 0. The van der Waals surface area contributed by atoms with Crippen LogP contribution in [0.25, 0.3) is 100 Å². The molecule has 0 saturated carbocycles. The van der Waals surface area contributed by atoms with Crippen LogP contribution in [0.3, 0.4) is 0 Å². The van der Waals surface area contributed by atoms with Crippen LogP contribution >= 0.6 is 86.3 Å². The Morgan fingerprint density at radius 1 is 0.173 bits per heavy atom. The minimum absolute atomic E-state index is 0.208. The van der Waals surface area contributed by atoms with Crippen LogP contribution in [0.2, 0.25) is 0 Å². The van der Waals surface area contributed by atoms with Crippen LogP contribution in [-0.4, -0.2) is 55.0 Å². The lowest BCUT2D eigenvalue weighted by molar-refractivity contribution is 0.00578. The van der Waals surface area contributed by atoms with Crippen LogP contribution in [0.4, 0.5) is 0 Å². The maximum Gasteiger partial charge on any atom is 0.494 e. The first kappa shape index (κ1) is 107. The van der Waals surface area contributed by atoms with Crippen LogP contribution in [0.5, 0.6) is 0 Å². The van der Waals surface area contributed by atoms with Gasteiger partial charge in [0, 0.05) is 43.1 Å². The molecule has 21 rings (SSSR count). The molecule has 3 heterocycles. The zero-order chi connectivity index (χ0) is 106. The van der Waals surface area contributed by atoms with Gasteiger partial charge in [-0.15, -0.1) is 0 Å². The molecule has 150 heavy (non-hydrogen) atoms. The summed E-state index contributed by atoms with van der Waals surface area (Å²) < 4.78 is 43.7. The van der Waals surface area contributed by atoms with Crippen LogP contribution in [0.15, 0.2) is 455 Å². The van der Waals surface area contributed by atoms with E-state index >= 15 is 0 Å². The molecule has 3 aliphatic rings. The maximum atomic E-state index is 6.36. The summed E-state index contributed by atoms with van der Waals surface area (Å²) in [6, 6.07) is 159. The van der Waals surface area contributed by atoms with Gasteiger partial charge in [-0.2, -0.15) is 0 Å². The Morgan fingerprint density at radius 3 is 0.480 bits per heavy atom. The van der Waals surface area contributed by atoms with Gasteiger partial charge in [0.15, 0.2) is 0 Å². The molecule has 0 N–H and O–H groups in total. The summed E-state index contributed by atoms with van der Waals surface area (Å²) >= 11 is 16.5. The van der Waals surface area contributed by atoms with E-state index in [4.69, 9.17) is 27.9 Å². The molecule has 0 atom stereocenters. The van der Waals surface area contributed by atoms with Gasteiger partial charge in [0.25, 0.3) is 0 Å². The Labute approximate surface area is 937 Å². The monoisotopic (exact) mass is 2330 g/mol. The van der Waals surface area contributed by atoms with E-state index in [2.05, 4.69) is 636 Å². The van der Waals surface area contributed by atoms with Crippen molar-refractivity contribution in [2.75, 3.05) is 0 Å². The number of rotatable bonds is 22. The Bertz CT molecular complexity index is 7480. The highest BCUT2D eigenvalue weighted by atomic mass is 127. The third kappa shape index (κ3) is 22.6. The average Bonchev–Trinajstić information content (AvgIpc) is 0.965. The van der Waals surface area contributed by atoms with Crippen molar-refractivity contribution in [2.45, 2.75) is 180 Å². The lowest BCUT2D eigenvalue weighted by atomic mass is 9.69. The first-order valence-corrected chi connectivity index (χ1v) is 56.0. The number of halogens is 5. The normalized spacial score (nSPS) is 15.4. The maximum absolute atomic E-state index is 6.36. The molecule has 0 aromatic heterocycles. The second-order valence-corrected chi connectivity index (χ2v) is 49.4. The second-order valence-electron chi connectivity index (χ2n) is 44.5. The molecule has 0 bridgehead atoms. The van der Waals surface area contributed by atoms with Crippen molar-refractivity contribution in [2.24, 2.45) is 0 Å². The van der Waals surface area contributed by atoms with Gasteiger partial charge in [0.2, 0.25) is 0 Å². The predicted octanol–water partition coefficient (Wildman–Crippen LogP) is 36.0. The van der Waals surface area contributed by atoms with Crippen molar-refractivity contribution in [1.29, 1.82) is 0 Å². The van der Waals surface area contributed by atoms with Gasteiger partial charge in [-0.1, -0.05) is 474 Å². The van der Waals surface area contributed by atoms with E-state index in [9.17, 15) is 0 Å². The summed E-state index contributed by atoms with van der Waals surface area (Å²) in [4.78, 5) is 0. The smallest absolute Gasteiger partial charge is 0.399 e. The highest BCUT2D eigenvalue weighted by Crippen LogP contribution is 2.48. The van der Waals surface area contributed by atoms with E-state index in [1.165, 1.54) is 132 Å². The van der Waals surface area contributed by atoms with Gasteiger partial charge in [0.05, 0.1) is 33.6 Å². The van der Waals surface area contributed by atoms with Crippen LogP contribution in [-0.2, 0) is 49.6 Å².